The number of hydrogen-bond donors (Lipinski definition) is 0. The first kappa shape index (κ1) is 14.4. The first-order valence-corrected chi connectivity index (χ1v) is 6.05. The number of aromatic nitrogens is 1. The van der Waals surface area contributed by atoms with Crippen molar-refractivity contribution >= 4 is 12.0 Å². The molecule has 20 heavy (non-hydrogen) atoms. The second-order valence-electron chi connectivity index (χ2n) is 4.16. The molecule has 0 amide bonds. The largest absolute Gasteiger partial charge is 0.461 e. The SMILES string of the molecule is CCOC(=O)c1coc(N2CC=C(C(F)(F)F)CC2)n1. The van der Waals surface area contributed by atoms with E-state index in [1.165, 1.54) is 4.90 Å². The van der Waals surface area contributed by atoms with E-state index in [2.05, 4.69) is 4.98 Å². The van der Waals surface area contributed by atoms with Crippen molar-refractivity contribution in [2.24, 2.45) is 0 Å². The number of halogens is 3. The molecule has 0 saturated carbocycles. The Bertz CT molecular complexity index is 522. The summed E-state index contributed by atoms with van der Waals surface area (Å²) < 4.78 is 47.3. The molecule has 1 aliphatic heterocycles. The van der Waals surface area contributed by atoms with Crippen molar-refractivity contribution < 1.29 is 27.1 Å². The van der Waals surface area contributed by atoms with Crippen LogP contribution in [0.5, 0.6) is 0 Å². The molecule has 2 rings (SSSR count). The van der Waals surface area contributed by atoms with Crippen LogP contribution in [0.3, 0.4) is 0 Å². The van der Waals surface area contributed by atoms with Crippen LogP contribution in [0.1, 0.15) is 23.8 Å². The molecule has 0 aromatic carbocycles. The molecule has 0 N–H and O–H groups in total. The molecule has 5 nitrogen and oxygen atoms in total. The molecule has 1 aromatic heterocycles. The Balaban J connectivity index is 2.04. The predicted octanol–water partition coefficient (Wildman–Crippen LogP) is 2.55. The van der Waals surface area contributed by atoms with Gasteiger partial charge in [0.1, 0.15) is 6.26 Å². The molecule has 0 unspecified atom stereocenters. The number of anilines is 1. The molecule has 0 spiro atoms. The van der Waals surface area contributed by atoms with Gasteiger partial charge in [0.05, 0.1) is 6.61 Å². The fourth-order valence-corrected chi connectivity index (χ4v) is 1.81. The van der Waals surface area contributed by atoms with Gasteiger partial charge in [0.2, 0.25) is 0 Å². The van der Waals surface area contributed by atoms with E-state index in [1.54, 1.807) is 6.92 Å². The van der Waals surface area contributed by atoms with E-state index in [0.29, 0.717) is 0 Å². The number of ether oxygens (including phenoxy) is 1. The van der Waals surface area contributed by atoms with Crippen molar-refractivity contribution in [1.82, 2.24) is 4.98 Å². The number of carbonyl (C=O) groups excluding carboxylic acids is 1. The summed E-state index contributed by atoms with van der Waals surface area (Å²) in [6.07, 6.45) is -2.20. The number of oxazole rings is 1. The number of esters is 1. The lowest BCUT2D eigenvalue weighted by Gasteiger charge is -2.25. The summed E-state index contributed by atoms with van der Waals surface area (Å²) >= 11 is 0. The highest BCUT2D eigenvalue weighted by Crippen LogP contribution is 2.31. The Morgan fingerprint density at radius 2 is 2.30 bits per heavy atom. The summed E-state index contributed by atoms with van der Waals surface area (Å²) in [5.41, 5.74) is -0.543. The van der Waals surface area contributed by atoms with Crippen molar-refractivity contribution in [3.05, 3.63) is 23.6 Å². The van der Waals surface area contributed by atoms with Crippen LogP contribution >= 0.6 is 0 Å². The molecular formula is C12H13F3N2O3. The minimum Gasteiger partial charge on any atom is -0.461 e. The normalized spacial score (nSPS) is 16.0. The van der Waals surface area contributed by atoms with E-state index in [1.807, 2.05) is 0 Å². The fourth-order valence-electron chi connectivity index (χ4n) is 1.81. The van der Waals surface area contributed by atoms with E-state index in [-0.39, 0.29) is 37.8 Å². The zero-order valence-corrected chi connectivity index (χ0v) is 10.7. The van der Waals surface area contributed by atoms with Crippen LogP contribution in [-0.2, 0) is 4.74 Å². The quantitative estimate of drug-likeness (QED) is 0.632. The second kappa shape index (κ2) is 5.56. The van der Waals surface area contributed by atoms with Crippen LogP contribution in [0.15, 0.2) is 22.3 Å². The summed E-state index contributed by atoms with van der Waals surface area (Å²) in [5.74, 6) is -0.619. The van der Waals surface area contributed by atoms with Crippen molar-refractivity contribution in [2.45, 2.75) is 19.5 Å². The lowest BCUT2D eigenvalue weighted by atomic mass is 10.1. The summed E-state index contributed by atoms with van der Waals surface area (Å²) in [6, 6.07) is 0.116. The smallest absolute Gasteiger partial charge is 0.412 e. The van der Waals surface area contributed by atoms with Gasteiger partial charge >= 0.3 is 12.1 Å². The number of nitrogens with zero attached hydrogens (tertiary/aromatic N) is 2. The number of alkyl halides is 3. The van der Waals surface area contributed by atoms with Gasteiger partial charge in [-0.2, -0.15) is 18.2 Å². The monoisotopic (exact) mass is 290 g/mol. The third-order valence-corrected chi connectivity index (χ3v) is 2.82. The van der Waals surface area contributed by atoms with Crippen molar-refractivity contribution in [1.29, 1.82) is 0 Å². The Morgan fingerprint density at radius 1 is 1.55 bits per heavy atom. The molecule has 110 valence electrons. The first-order valence-electron chi connectivity index (χ1n) is 6.05. The summed E-state index contributed by atoms with van der Waals surface area (Å²) in [6.45, 7) is 2.04. The molecule has 0 bridgehead atoms. The van der Waals surface area contributed by atoms with E-state index in [9.17, 15) is 18.0 Å². The second-order valence-corrected chi connectivity index (χ2v) is 4.16. The van der Waals surface area contributed by atoms with Gasteiger partial charge in [-0.25, -0.2) is 4.79 Å². The maximum atomic E-state index is 12.5. The number of carbonyl (C=O) groups is 1. The van der Waals surface area contributed by atoms with Crippen LogP contribution in [0.2, 0.25) is 0 Å². The van der Waals surface area contributed by atoms with Crippen molar-refractivity contribution in [3.8, 4) is 0 Å². The maximum Gasteiger partial charge on any atom is 0.412 e. The van der Waals surface area contributed by atoms with Gasteiger partial charge in [-0.3, -0.25) is 0 Å². The topological polar surface area (TPSA) is 55.6 Å². The summed E-state index contributed by atoms with van der Waals surface area (Å²) in [7, 11) is 0. The highest BCUT2D eigenvalue weighted by atomic mass is 19.4. The van der Waals surface area contributed by atoms with Crippen LogP contribution in [0.25, 0.3) is 0 Å². The van der Waals surface area contributed by atoms with E-state index in [0.717, 1.165) is 12.3 Å². The zero-order chi connectivity index (χ0) is 14.8. The van der Waals surface area contributed by atoms with Crippen LogP contribution in [0, 0.1) is 0 Å². The van der Waals surface area contributed by atoms with Gasteiger partial charge in [-0.05, 0) is 13.3 Å². The molecule has 1 aromatic rings. The van der Waals surface area contributed by atoms with E-state index in [4.69, 9.17) is 9.15 Å². The highest BCUT2D eigenvalue weighted by molar-refractivity contribution is 5.87. The van der Waals surface area contributed by atoms with E-state index >= 15 is 0 Å². The average Bonchev–Trinajstić information content (AvgIpc) is 2.88. The van der Waals surface area contributed by atoms with Crippen molar-refractivity contribution in [3.63, 3.8) is 0 Å². The standard InChI is InChI=1S/C12H13F3N2O3/c1-2-19-10(18)9-7-20-11(16-9)17-5-3-8(4-6-17)12(13,14)15/h3,7H,2,4-6H2,1H3. The minimum absolute atomic E-state index is 0.00690. The maximum absolute atomic E-state index is 12.5. The molecule has 0 atom stereocenters. The first-order chi connectivity index (χ1) is 9.41. The predicted molar refractivity (Wildman–Crippen MR) is 63.4 cm³/mol. The zero-order valence-electron chi connectivity index (χ0n) is 10.7. The van der Waals surface area contributed by atoms with Gasteiger partial charge in [-0.1, -0.05) is 6.08 Å². The summed E-state index contributed by atoms with van der Waals surface area (Å²) in [5, 5.41) is 0. The van der Waals surface area contributed by atoms with Gasteiger partial charge in [0, 0.05) is 18.7 Å². The fraction of sp³-hybridized carbons (Fsp3) is 0.500. The molecular weight excluding hydrogens is 277 g/mol. The molecule has 8 heteroatoms. The van der Waals surface area contributed by atoms with Gasteiger partial charge < -0.3 is 14.1 Å². The van der Waals surface area contributed by atoms with Crippen LogP contribution in [-0.4, -0.2) is 36.8 Å². The molecule has 0 aliphatic carbocycles. The molecule has 1 aliphatic rings. The Kier molecular flexibility index (Phi) is 4.01. The lowest BCUT2D eigenvalue weighted by molar-refractivity contribution is -0.0944. The molecule has 0 fully saturated rings. The lowest BCUT2D eigenvalue weighted by Crippen LogP contribution is -2.32. The number of rotatable bonds is 3. The Labute approximate surface area is 113 Å². The average molecular weight is 290 g/mol. The minimum atomic E-state index is -4.29. The Morgan fingerprint density at radius 3 is 2.85 bits per heavy atom. The third-order valence-electron chi connectivity index (χ3n) is 2.82. The molecule has 2 heterocycles. The van der Waals surface area contributed by atoms with Crippen LogP contribution < -0.4 is 4.90 Å². The third kappa shape index (κ3) is 3.12. The molecule has 0 saturated heterocycles. The van der Waals surface area contributed by atoms with Gasteiger partial charge in [0.15, 0.2) is 5.69 Å². The highest BCUT2D eigenvalue weighted by Gasteiger charge is 2.35. The molecule has 0 radical (unpaired) electrons. The number of hydrogen-bond acceptors (Lipinski definition) is 5. The summed E-state index contributed by atoms with van der Waals surface area (Å²) in [4.78, 5) is 16.8. The van der Waals surface area contributed by atoms with Crippen molar-refractivity contribution in [2.75, 3.05) is 24.6 Å². The van der Waals surface area contributed by atoms with Gasteiger partial charge in [-0.15, -0.1) is 0 Å². The van der Waals surface area contributed by atoms with Crippen LogP contribution in [0.4, 0.5) is 19.2 Å². The van der Waals surface area contributed by atoms with Gasteiger partial charge in [0.25, 0.3) is 6.01 Å². The van der Waals surface area contributed by atoms with E-state index < -0.39 is 17.7 Å². The Hall–Kier alpha value is -1.99.